The van der Waals surface area contributed by atoms with Crippen LogP contribution in [0.25, 0.3) is 21.8 Å². The number of aromatic hydroxyl groups is 1. The van der Waals surface area contributed by atoms with Gasteiger partial charge in [-0.2, -0.15) is 0 Å². The highest BCUT2D eigenvalue weighted by atomic mass is 32.1. The lowest BCUT2D eigenvalue weighted by Gasteiger charge is -2.05. The second kappa shape index (κ2) is 5.34. The summed E-state index contributed by atoms with van der Waals surface area (Å²) in [7, 11) is 0. The predicted molar refractivity (Wildman–Crippen MR) is 88.9 cm³/mol. The first-order valence-corrected chi connectivity index (χ1v) is 7.71. The Morgan fingerprint density at radius 3 is 2.48 bits per heavy atom. The third kappa shape index (κ3) is 2.57. The zero-order valence-corrected chi connectivity index (χ0v) is 13.2. The number of hydrogen-bond donors (Lipinski definition) is 1. The molecule has 3 aromatic rings. The molecule has 21 heavy (non-hydrogen) atoms. The van der Waals surface area contributed by atoms with Gasteiger partial charge in [-0.15, -0.1) is 11.3 Å². The molecule has 0 saturated carbocycles. The maximum atomic E-state index is 10.0. The molecule has 0 aliphatic rings. The Morgan fingerprint density at radius 2 is 1.71 bits per heavy atom. The summed E-state index contributed by atoms with van der Waals surface area (Å²) in [4.78, 5) is 5.94. The lowest BCUT2D eigenvalue weighted by molar-refractivity contribution is 0.477. The maximum Gasteiger partial charge on any atom is 0.128 e. The van der Waals surface area contributed by atoms with Crippen LogP contribution in [0.4, 0.5) is 0 Å². The van der Waals surface area contributed by atoms with E-state index in [0.29, 0.717) is 0 Å². The molecule has 0 saturated heterocycles. The summed E-state index contributed by atoms with van der Waals surface area (Å²) in [6, 6.07) is 13.8. The summed E-state index contributed by atoms with van der Waals surface area (Å²) >= 11 is 1.62. The van der Waals surface area contributed by atoms with Crippen molar-refractivity contribution in [1.82, 2.24) is 4.98 Å². The van der Waals surface area contributed by atoms with Gasteiger partial charge in [0.05, 0.1) is 11.3 Å². The van der Waals surface area contributed by atoms with Gasteiger partial charge in [-0.05, 0) is 44.5 Å². The average Bonchev–Trinajstić information content (AvgIpc) is 2.84. The van der Waals surface area contributed by atoms with Gasteiger partial charge in [-0.25, -0.2) is 4.98 Å². The number of thiazole rings is 1. The summed E-state index contributed by atoms with van der Waals surface area (Å²) in [5, 5.41) is 10.9. The van der Waals surface area contributed by atoms with Crippen LogP contribution in [0.1, 0.15) is 16.0 Å². The van der Waals surface area contributed by atoms with Crippen molar-refractivity contribution in [3.63, 3.8) is 0 Å². The summed E-state index contributed by atoms with van der Waals surface area (Å²) in [5.41, 5.74) is 5.43. The van der Waals surface area contributed by atoms with E-state index >= 15 is 0 Å². The van der Waals surface area contributed by atoms with Gasteiger partial charge in [0.2, 0.25) is 0 Å². The van der Waals surface area contributed by atoms with Crippen LogP contribution in [-0.4, -0.2) is 10.1 Å². The first-order valence-electron chi connectivity index (χ1n) is 6.89. The Kier molecular flexibility index (Phi) is 3.52. The van der Waals surface area contributed by atoms with E-state index in [1.807, 2.05) is 18.2 Å². The zero-order valence-electron chi connectivity index (χ0n) is 12.3. The molecule has 0 bridgehead atoms. The van der Waals surface area contributed by atoms with Crippen LogP contribution in [0.15, 0.2) is 42.5 Å². The van der Waals surface area contributed by atoms with Crippen LogP contribution >= 0.6 is 11.3 Å². The van der Waals surface area contributed by atoms with Crippen molar-refractivity contribution in [1.29, 1.82) is 0 Å². The molecule has 0 spiro atoms. The van der Waals surface area contributed by atoms with E-state index < -0.39 is 0 Å². The molecule has 1 N–H and O–H groups in total. The van der Waals surface area contributed by atoms with Gasteiger partial charge in [0, 0.05) is 10.4 Å². The number of hydrogen-bond acceptors (Lipinski definition) is 3. The molecule has 0 aliphatic carbocycles. The van der Waals surface area contributed by atoms with E-state index in [1.165, 1.54) is 21.6 Å². The molecule has 3 rings (SSSR count). The molecule has 0 unspecified atom stereocenters. The molecule has 1 heterocycles. The van der Waals surface area contributed by atoms with Gasteiger partial charge in [0.25, 0.3) is 0 Å². The van der Waals surface area contributed by atoms with Gasteiger partial charge >= 0.3 is 0 Å². The number of phenolic OH excluding ortho intramolecular Hbond substituents is 1. The van der Waals surface area contributed by atoms with Gasteiger partial charge < -0.3 is 5.11 Å². The van der Waals surface area contributed by atoms with Crippen molar-refractivity contribution >= 4 is 11.3 Å². The Labute approximate surface area is 128 Å². The highest BCUT2D eigenvalue weighted by Crippen LogP contribution is 2.37. The SMILES string of the molecule is Cc1ccc(C)c(-c2nc(-c3ccccc3O)sc2C)c1. The van der Waals surface area contributed by atoms with Crippen molar-refractivity contribution in [3.8, 4) is 27.6 Å². The fourth-order valence-corrected chi connectivity index (χ4v) is 3.37. The van der Waals surface area contributed by atoms with Crippen LogP contribution < -0.4 is 0 Å². The van der Waals surface area contributed by atoms with Crippen molar-refractivity contribution < 1.29 is 5.11 Å². The first-order chi connectivity index (χ1) is 10.1. The lowest BCUT2D eigenvalue weighted by atomic mass is 10.0. The normalized spacial score (nSPS) is 10.8. The Balaban J connectivity index is 2.15. The largest absolute Gasteiger partial charge is 0.507 e. The van der Waals surface area contributed by atoms with Crippen LogP contribution in [-0.2, 0) is 0 Å². The van der Waals surface area contributed by atoms with E-state index in [9.17, 15) is 5.11 Å². The van der Waals surface area contributed by atoms with Crippen LogP contribution in [0, 0.1) is 20.8 Å². The van der Waals surface area contributed by atoms with Gasteiger partial charge in [-0.3, -0.25) is 0 Å². The third-order valence-electron chi connectivity index (χ3n) is 3.58. The number of phenols is 1. The quantitative estimate of drug-likeness (QED) is 0.713. The molecule has 2 aromatic carbocycles. The highest BCUT2D eigenvalue weighted by molar-refractivity contribution is 7.15. The van der Waals surface area contributed by atoms with Crippen molar-refractivity contribution in [2.45, 2.75) is 20.8 Å². The molecule has 0 atom stereocenters. The monoisotopic (exact) mass is 295 g/mol. The second-order valence-electron chi connectivity index (χ2n) is 5.26. The minimum absolute atomic E-state index is 0.277. The molecule has 0 amide bonds. The number of nitrogens with zero attached hydrogens (tertiary/aromatic N) is 1. The fourth-order valence-electron chi connectivity index (χ4n) is 2.41. The Hall–Kier alpha value is -2.13. The standard InChI is InChI=1S/C18H17NOS/c1-11-8-9-12(2)15(10-11)17-13(3)21-18(19-17)14-6-4-5-7-16(14)20/h4-10,20H,1-3H3. The highest BCUT2D eigenvalue weighted by Gasteiger charge is 2.15. The van der Waals surface area contributed by atoms with Gasteiger partial charge in [0.15, 0.2) is 0 Å². The van der Waals surface area contributed by atoms with Crippen molar-refractivity contribution in [2.24, 2.45) is 0 Å². The minimum atomic E-state index is 0.277. The van der Waals surface area contributed by atoms with E-state index in [1.54, 1.807) is 17.4 Å². The van der Waals surface area contributed by atoms with Crippen LogP contribution in [0.5, 0.6) is 5.75 Å². The molecule has 0 radical (unpaired) electrons. The number of benzene rings is 2. The third-order valence-corrected chi connectivity index (χ3v) is 4.58. The molecular formula is C18H17NOS. The second-order valence-corrected chi connectivity index (χ2v) is 6.46. The molecule has 106 valence electrons. The average molecular weight is 295 g/mol. The van der Waals surface area contributed by atoms with E-state index in [0.717, 1.165) is 16.3 Å². The van der Waals surface area contributed by atoms with Crippen molar-refractivity contribution in [3.05, 3.63) is 58.5 Å². The summed E-state index contributed by atoms with van der Waals surface area (Å²) in [6.45, 7) is 6.28. The molecule has 0 fully saturated rings. The fraction of sp³-hybridized carbons (Fsp3) is 0.167. The number of aromatic nitrogens is 1. The lowest BCUT2D eigenvalue weighted by Crippen LogP contribution is -1.87. The molecule has 1 aromatic heterocycles. The maximum absolute atomic E-state index is 10.0. The van der Waals surface area contributed by atoms with E-state index in [2.05, 4.69) is 39.0 Å². The number of para-hydroxylation sites is 1. The Bertz CT molecular complexity index is 805. The van der Waals surface area contributed by atoms with Crippen LogP contribution in [0.2, 0.25) is 0 Å². The summed E-state index contributed by atoms with van der Waals surface area (Å²) in [6.07, 6.45) is 0. The minimum Gasteiger partial charge on any atom is -0.507 e. The molecular weight excluding hydrogens is 278 g/mol. The van der Waals surface area contributed by atoms with E-state index in [-0.39, 0.29) is 5.75 Å². The van der Waals surface area contributed by atoms with Crippen molar-refractivity contribution in [2.75, 3.05) is 0 Å². The molecule has 3 heteroatoms. The number of rotatable bonds is 2. The summed E-state index contributed by atoms with van der Waals surface area (Å²) < 4.78 is 0. The smallest absolute Gasteiger partial charge is 0.128 e. The summed E-state index contributed by atoms with van der Waals surface area (Å²) in [5.74, 6) is 0.277. The van der Waals surface area contributed by atoms with Crippen LogP contribution in [0.3, 0.4) is 0 Å². The zero-order chi connectivity index (χ0) is 15.0. The Morgan fingerprint density at radius 1 is 0.952 bits per heavy atom. The van der Waals surface area contributed by atoms with Gasteiger partial charge in [0.1, 0.15) is 10.8 Å². The van der Waals surface area contributed by atoms with E-state index in [4.69, 9.17) is 4.98 Å². The predicted octanol–water partition coefficient (Wildman–Crippen LogP) is 5.11. The number of aryl methyl sites for hydroxylation is 3. The van der Waals surface area contributed by atoms with Gasteiger partial charge in [-0.1, -0.05) is 29.8 Å². The first kappa shape index (κ1) is 13.8. The molecule has 0 aliphatic heterocycles. The topological polar surface area (TPSA) is 33.1 Å². The molecule has 2 nitrogen and oxygen atoms in total.